The summed E-state index contributed by atoms with van der Waals surface area (Å²) < 4.78 is 0. The molecule has 1 aliphatic carbocycles. The smallest absolute Gasteiger partial charge is 0.223 e. The molecule has 1 amide bonds. The van der Waals surface area contributed by atoms with E-state index in [1.165, 1.54) is 0 Å². The number of benzene rings is 1. The van der Waals surface area contributed by atoms with Crippen LogP contribution >= 0.6 is 0 Å². The third-order valence-corrected chi connectivity index (χ3v) is 3.03. The minimum Gasteiger partial charge on any atom is -0.390 e. The van der Waals surface area contributed by atoms with Crippen LogP contribution in [-0.4, -0.2) is 17.1 Å². The van der Waals surface area contributed by atoms with Gasteiger partial charge in [-0.05, 0) is 11.1 Å². The van der Waals surface area contributed by atoms with Gasteiger partial charge in [-0.25, -0.2) is 0 Å². The van der Waals surface area contributed by atoms with E-state index in [-0.39, 0.29) is 17.9 Å². The first-order valence-corrected chi connectivity index (χ1v) is 5.66. The molecule has 2 rings (SSSR count). The minimum atomic E-state index is -0.500. The first kappa shape index (κ1) is 11.1. The van der Waals surface area contributed by atoms with Crippen molar-refractivity contribution in [2.75, 3.05) is 0 Å². The van der Waals surface area contributed by atoms with E-state index in [0.717, 1.165) is 11.1 Å². The number of carbonyl (C=O) groups excluding carboxylic acids is 1. The zero-order valence-corrected chi connectivity index (χ0v) is 9.60. The number of fused-ring (bicyclic) bond motifs is 1. The highest BCUT2D eigenvalue weighted by molar-refractivity contribution is 5.78. The highest BCUT2D eigenvalue weighted by atomic mass is 16.3. The van der Waals surface area contributed by atoms with Crippen LogP contribution in [0.1, 0.15) is 31.0 Å². The van der Waals surface area contributed by atoms with Crippen molar-refractivity contribution in [1.82, 2.24) is 5.32 Å². The molecule has 86 valence electrons. The van der Waals surface area contributed by atoms with Gasteiger partial charge < -0.3 is 10.4 Å². The summed E-state index contributed by atoms with van der Waals surface area (Å²) in [7, 11) is 0. The van der Waals surface area contributed by atoms with Gasteiger partial charge in [0, 0.05) is 12.3 Å². The van der Waals surface area contributed by atoms with E-state index in [2.05, 4.69) is 5.32 Å². The van der Waals surface area contributed by atoms with Crippen molar-refractivity contribution in [2.24, 2.45) is 5.92 Å². The Balaban J connectivity index is 2.19. The van der Waals surface area contributed by atoms with E-state index in [9.17, 15) is 9.90 Å². The average Bonchev–Trinajstić information content (AvgIpc) is 2.55. The molecule has 3 nitrogen and oxygen atoms in total. The summed E-state index contributed by atoms with van der Waals surface area (Å²) in [4.78, 5) is 11.6. The Bertz CT molecular complexity index is 401. The van der Waals surface area contributed by atoms with Crippen molar-refractivity contribution in [1.29, 1.82) is 0 Å². The Morgan fingerprint density at radius 1 is 1.44 bits per heavy atom. The molecule has 0 radical (unpaired) electrons. The van der Waals surface area contributed by atoms with Crippen molar-refractivity contribution in [3.05, 3.63) is 35.4 Å². The van der Waals surface area contributed by atoms with E-state index in [0.29, 0.717) is 6.42 Å². The number of hydrogen-bond acceptors (Lipinski definition) is 2. The lowest BCUT2D eigenvalue weighted by Gasteiger charge is -2.19. The molecule has 0 spiro atoms. The molecule has 0 saturated carbocycles. The van der Waals surface area contributed by atoms with Crippen LogP contribution in [0, 0.1) is 5.92 Å². The van der Waals surface area contributed by atoms with Crippen molar-refractivity contribution < 1.29 is 9.90 Å². The summed E-state index contributed by atoms with van der Waals surface area (Å²) in [6, 6.07) is 7.62. The Morgan fingerprint density at radius 2 is 2.12 bits per heavy atom. The van der Waals surface area contributed by atoms with Crippen molar-refractivity contribution in [3.8, 4) is 0 Å². The molecule has 3 heteroatoms. The molecular weight excluding hydrogens is 202 g/mol. The molecule has 0 unspecified atom stereocenters. The largest absolute Gasteiger partial charge is 0.390 e. The van der Waals surface area contributed by atoms with Crippen LogP contribution in [-0.2, 0) is 11.2 Å². The predicted octanol–water partition coefficient (Wildman–Crippen LogP) is 1.42. The number of amides is 1. The van der Waals surface area contributed by atoms with Crippen LogP contribution in [0.2, 0.25) is 0 Å². The van der Waals surface area contributed by atoms with Crippen LogP contribution in [0.5, 0.6) is 0 Å². The lowest BCUT2D eigenvalue weighted by atomic mass is 10.1. The van der Waals surface area contributed by atoms with Crippen molar-refractivity contribution in [3.63, 3.8) is 0 Å². The highest BCUT2D eigenvalue weighted by Crippen LogP contribution is 2.31. The fourth-order valence-electron chi connectivity index (χ4n) is 2.07. The zero-order valence-electron chi connectivity index (χ0n) is 9.60. The number of rotatable bonds is 2. The van der Waals surface area contributed by atoms with E-state index < -0.39 is 6.10 Å². The lowest BCUT2D eigenvalue weighted by molar-refractivity contribution is -0.125. The number of hydrogen-bond donors (Lipinski definition) is 2. The fourth-order valence-corrected chi connectivity index (χ4v) is 2.07. The second kappa shape index (κ2) is 4.26. The lowest BCUT2D eigenvalue weighted by Crippen LogP contribution is -2.36. The maximum absolute atomic E-state index is 11.6. The quantitative estimate of drug-likeness (QED) is 0.790. The molecule has 0 saturated heterocycles. The molecule has 0 aromatic heterocycles. The summed E-state index contributed by atoms with van der Waals surface area (Å²) >= 11 is 0. The van der Waals surface area contributed by atoms with E-state index in [4.69, 9.17) is 0 Å². The predicted molar refractivity (Wildman–Crippen MR) is 61.9 cm³/mol. The van der Waals surface area contributed by atoms with Gasteiger partial charge >= 0.3 is 0 Å². The molecule has 0 fully saturated rings. The van der Waals surface area contributed by atoms with Gasteiger partial charge in [0.05, 0.1) is 12.1 Å². The monoisotopic (exact) mass is 219 g/mol. The number of nitrogens with one attached hydrogen (secondary N) is 1. The summed E-state index contributed by atoms with van der Waals surface area (Å²) in [5.41, 5.74) is 2.17. The average molecular weight is 219 g/mol. The molecule has 1 aromatic carbocycles. The fraction of sp³-hybridized carbons (Fsp3) is 0.462. The number of aliphatic hydroxyl groups is 1. The Kier molecular flexibility index (Phi) is 2.97. The van der Waals surface area contributed by atoms with E-state index >= 15 is 0 Å². The van der Waals surface area contributed by atoms with Gasteiger partial charge in [-0.1, -0.05) is 38.1 Å². The summed E-state index contributed by atoms with van der Waals surface area (Å²) in [6.45, 7) is 3.70. The topological polar surface area (TPSA) is 49.3 Å². The SMILES string of the molecule is CC(C)C(=O)N[C@@H]1c2ccccc2C[C@@H]1O. The maximum Gasteiger partial charge on any atom is 0.223 e. The van der Waals surface area contributed by atoms with Crippen molar-refractivity contribution in [2.45, 2.75) is 32.4 Å². The van der Waals surface area contributed by atoms with Gasteiger partial charge in [0.2, 0.25) is 5.91 Å². The second-order valence-corrected chi connectivity index (χ2v) is 4.61. The molecule has 0 aliphatic heterocycles. The first-order chi connectivity index (χ1) is 7.59. The number of carbonyl (C=O) groups is 1. The molecule has 0 bridgehead atoms. The van der Waals surface area contributed by atoms with Gasteiger partial charge in [0.1, 0.15) is 0 Å². The Labute approximate surface area is 95.5 Å². The van der Waals surface area contributed by atoms with Crippen LogP contribution in [0.4, 0.5) is 0 Å². The summed E-state index contributed by atoms with van der Waals surface area (Å²) in [5, 5.41) is 12.8. The van der Waals surface area contributed by atoms with Gasteiger partial charge in [-0.3, -0.25) is 4.79 Å². The van der Waals surface area contributed by atoms with Gasteiger partial charge in [-0.2, -0.15) is 0 Å². The van der Waals surface area contributed by atoms with Crippen LogP contribution in [0.15, 0.2) is 24.3 Å². The van der Waals surface area contributed by atoms with Crippen LogP contribution in [0.25, 0.3) is 0 Å². The van der Waals surface area contributed by atoms with Crippen LogP contribution < -0.4 is 5.32 Å². The van der Waals surface area contributed by atoms with E-state index in [1.807, 2.05) is 38.1 Å². The Morgan fingerprint density at radius 3 is 2.81 bits per heavy atom. The molecule has 1 aromatic rings. The standard InChI is InChI=1S/C13H17NO2/c1-8(2)13(16)14-12-10-6-4-3-5-9(10)7-11(12)15/h3-6,8,11-12,15H,7H2,1-2H3,(H,14,16)/t11-,12+/m0/s1. The first-order valence-electron chi connectivity index (χ1n) is 5.66. The molecular formula is C13H17NO2. The third kappa shape index (κ3) is 1.95. The third-order valence-electron chi connectivity index (χ3n) is 3.03. The molecule has 2 atom stereocenters. The van der Waals surface area contributed by atoms with Gasteiger partial charge in [0.25, 0.3) is 0 Å². The second-order valence-electron chi connectivity index (χ2n) is 4.61. The maximum atomic E-state index is 11.6. The van der Waals surface area contributed by atoms with E-state index in [1.54, 1.807) is 0 Å². The molecule has 0 heterocycles. The highest BCUT2D eigenvalue weighted by Gasteiger charge is 2.32. The zero-order chi connectivity index (χ0) is 11.7. The van der Waals surface area contributed by atoms with Gasteiger partial charge in [-0.15, -0.1) is 0 Å². The molecule has 1 aliphatic rings. The molecule has 16 heavy (non-hydrogen) atoms. The van der Waals surface area contributed by atoms with Crippen molar-refractivity contribution >= 4 is 5.91 Å². The number of aliphatic hydroxyl groups excluding tert-OH is 1. The minimum absolute atomic E-state index is 0.0132. The molecule has 2 N–H and O–H groups in total. The summed E-state index contributed by atoms with van der Waals surface area (Å²) in [6.07, 6.45) is 0.124. The summed E-state index contributed by atoms with van der Waals surface area (Å²) in [5.74, 6) is -0.0688. The Hall–Kier alpha value is -1.35. The van der Waals surface area contributed by atoms with Gasteiger partial charge in [0.15, 0.2) is 0 Å². The normalized spacial score (nSPS) is 23.2. The van der Waals surface area contributed by atoms with Crippen LogP contribution in [0.3, 0.4) is 0 Å².